The maximum atomic E-state index is 5.33. The van der Waals surface area contributed by atoms with Gasteiger partial charge in [0.25, 0.3) is 0 Å². The van der Waals surface area contributed by atoms with Crippen molar-refractivity contribution in [3.8, 4) is 0 Å². The van der Waals surface area contributed by atoms with Crippen LogP contribution in [0.15, 0.2) is 23.0 Å². The van der Waals surface area contributed by atoms with Crippen LogP contribution in [-0.4, -0.2) is 43.8 Å². The second-order valence-corrected chi connectivity index (χ2v) is 4.33. The monoisotopic (exact) mass is 224 g/mol. The average molecular weight is 224 g/mol. The third-order valence-corrected chi connectivity index (χ3v) is 2.87. The highest BCUT2D eigenvalue weighted by molar-refractivity contribution is 5.04. The molecule has 1 saturated heterocycles. The van der Waals surface area contributed by atoms with Gasteiger partial charge < -0.3 is 14.5 Å². The highest BCUT2D eigenvalue weighted by Crippen LogP contribution is 2.01. The van der Waals surface area contributed by atoms with E-state index in [1.165, 1.54) is 5.56 Å². The van der Waals surface area contributed by atoms with E-state index < -0.39 is 0 Å². The Morgan fingerprint density at radius 2 is 2.25 bits per heavy atom. The van der Waals surface area contributed by atoms with Crippen molar-refractivity contribution in [3.63, 3.8) is 0 Å². The summed E-state index contributed by atoms with van der Waals surface area (Å²) in [5.41, 5.74) is 1.20. The average Bonchev–Trinajstić information content (AvgIpc) is 2.81. The zero-order chi connectivity index (χ0) is 11.2. The Labute approximate surface area is 96.6 Å². The van der Waals surface area contributed by atoms with E-state index in [2.05, 4.69) is 17.1 Å². The van der Waals surface area contributed by atoms with E-state index in [-0.39, 0.29) is 0 Å². The summed E-state index contributed by atoms with van der Waals surface area (Å²) >= 11 is 0. The molecule has 0 saturated carbocycles. The van der Waals surface area contributed by atoms with Gasteiger partial charge in [-0.15, -0.1) is 0 Å². The van der Waals surface area contributed by atoms with Crippen LogP contribution in [0.25, 0.3) is 0 Å². The first kappa shape index (κ1) is 11.6. The highest BCUT2D eigenvalue weighted by atomic mass is 16.5. The summed E-state index contributed by atoms with van der Waals surface area (Å²) in [4.78, 5) is 2.44. The molecule has 16 heavy (non-hydrogen) atoms. The number of ether oxygens (including phenoxy) is 1. The van der Waals surface area contributed by atoms with Crippen molar-refractivity contribution in [2.24, 2.45) is 0 Å². The van der Waals surface area contributed by atoms with Gasteiger partial charge in [-0.2, -0.15) is 0 Å². The number of hydrogen-bond donors (Lipinski definition) is 1. The van der Waals surface area contributed by atoms with Crippen molar-refractivity contribution in [2.75, 3.05) is 32.8 Å². The molecule has 0 spiro atoms. The predicted octanol–water partition coefficient (Wildman–Crippen LogP) is 1.09. The second kappa shape index (κ2) is 6.03. The zero-order valence-corrected chi connectivity index (χ0v) is 9.82. The van der Waals surface area contributed by atoms with Crippen LogP contribution >= 0.6 is 0 Å². The number of hydrogen-bond acceptors (Lipinski definition) is 4. The number of furan rings is 1. The molecule has 1 aromatic rings. The largest absolute Gasteiger partial charge is 0.472 e. The first-order chi connectivity index (χ1) is 7.84. The van der Waals surface area contributed by atoms with Gasteiger partial charge in [0.15, 0.2) is 0 Å². The lowest BCUT2D eigenvalue weighted by Crippen LogP contribution is -2.44. The SMILES string of the molecule is CC(CN1CCOCC1)NCc1ccoc1. The standard InChI is InChI=1S/C12H20N2O2/c1-11(9-14-3-6-15-7-4-14)13-8-12-2-5-16-10-12/h2,5,10-11,13H,3-4,6-9H2,1H3. The number of rotatable bonds is 5. The summed E-state index contributed by atoms with van der Waals surface area (Å²) in [6.45, 7) is 8.02. The molecule has 0 aromatic carbocycles. The van der Waals surface area contributed by atoms with Crippen molar-refractivity contribution >= 4 is 0 Å². The molecular weight excluding hydrogens is 204 g/mol. The van der Waals surface area contributed by atoms with Crippen LogP contribution in [0.4, 0.5) is 0 Å². The molecule has 0 bridgehead atoms. The van der Waals surface area contributed by atoms with E-state index in [1.807, 2.05) is 6.07 Å². The number of nitrogens with zero attached hydrogens (tertiary/aromatic N) is 1. The topological polar surface area (TPSA) is 37.6 Å². The molecule has 4 nitrogen and oxygen atoms in total. The van der Waals surface area contributed by atoms with Crippen LogP contribution in [0.3, 0.4) is 0 Å². The van der Waals surface area contributed by atoms with Crippen LogP contribution in [0, 0.1) is 0 Å². The van der Waals surface area contributed by atoms with Crippen LogP contribution in [0.5, 0.6) is 0 Å². The van der Waals surface area contributed by atoms with E-state index >= 15 is 0 Å². The van der Waals surface area contributed by atoms with Crippen molar-refractivity contribution in [1.29, 1.82) is 0 Å². The van der Waals surface area contributed by atoms with E-state index in [4.69, 9.17) is 9.15 Å². The molecule has 0 radical (unpaired) electrons. The van der Waals surface area contributed by atoms with Crippen LogP contribution in [-0.2, 0) is 11.3 Å². The smallest absolute Gasteiger partial charge is 0.0947 e. The van der Waals surface area contributed by atoms with E-state index in [9.17, 15) is 0 Å². The Morgan fingerprint density at radius 1 is 1.44 bits per heavy atom. The molecular formula is C12H20N2O2. The summed E-state index contributed by atoms with van der Waals surface area (Å²) in [6.07, 6.45) is 3.50. The summed E-state index contributed by atoms with van der Waals surface area (Å²) in [6, 6.07) is 2.49. The van der Waals surface area contributed by atoms with Crippen molar-refractivity contribution in [1.82, 2.24) is 10.2 Å². The fourth-order valence-electron chi connectivity index (χ4n) is 1.92. The van der Waals surface area contributed by atoms with Gasteiger partial charge in [0, 0.05) is 37.8 Å². The predicted molar refractivity (Wildman–Crippen MR) is 62.3 cm³/mol. The van der Waals surface area contributed by atoms with Crippen molar-refractivity contribution in [2.45, 2.75) is 19.5 Å². The molecule has 2 rings (SSSR count). The Kier molecular flexibility index (Phi) is 4.39. The third kappa shape index (κ3) is 3.63. The molecule has 1 N–H and O–H groups in total. The fourth-order valence-corrected chi connectivity index (χ4v) is 1.92. The van der Waals surface area contributed by atoms with Gasteiger partial charge in [-0.1, -0.05) is 0 Å². The van der Waals surface area contributed by atoms with Crippen LogP contribution < -0.4 is 5.32 Å². The summed E-state index contributed by atoms with van der Waals surface area (Å²) in [5, 5.41) is 3.49. The Balaban J connectivity index is 1.65. The first-order valence-electron chi connectivity index (χ1n) is 5.89. The van der Waals surface area contributed by atoms with E-state index in [0.29, 0.717) is 6.04 Å². The molecule has 4 heteroatoms. The van der Waals surface area contributed by atoms with Gasteiger partial charge in [-0.25, -0.2) is 0 Å². The van der Waals surface area contributed by atoms with Gasteiger partial charge in [0.1, 0.15) is 0 Å². The minimum absolute atomic E-state index is 0.494. The maximum Gasteiger partial charge on any atom is 0.0947 e. The van der Waals surface area contributed by atoms with Gasteiger partial charge in [0.05, 0.1) is 25.7 Å². The molecule has 1 unspecified atom stereocenters. The quantitative estimate of drug-likeness (QED) is 0.812. The van der Waals surface area contributed by atoms with Crippen LogP contribution in [0.2, 0.25) is 0 Å². The highest BCUT2D eigenvalue weighted by Gasteiger charge is 2.13. The van der Waals surface area contributed by atoms with Gasteiger partial charge in [0.2, 0.25) is 0 Å². The molecule has 0 aliphatic carbocycles. The number of nitrogens with one attached hydrogen (secondary N) is 1. The molecule has 1 atom stereocenters. The second-order valence-electron chi connectivity index (χ2n) is 4.33. The Hall–Kier alpha value is -0.840. The normalized spacial score (nSPS) is 19.8. The van der Waals surface area contributed by atoms with Crippen LogP contribution in [0.1, 0.15) is 12.5 Å². The fraction of sp³-hybridized carbons (Fsp3) is 0.667. The summed E-state index contributed by atoms with van der Waals surface area (Å²) in [5.74, 6) is 0. The Morgan fingerprint density at radius 3 is 2.94 bits per heavy atom. The lowest BCUT2D eigenvalue weighted by Gasteiger charge is -2.29. The molecule has 1 aromatic heterocycles. The Bertz CT molecular complexity index is 281. The third-order valence-electron chi connectivity index (χ3n) is 2.87. The lowest BCUT2D eigenvalue weighted by atomic mass is 10.2. The molecule has 2 heterocycles. The van der Waals surface area contributed by atoms with Gasteiger partial charge in [-0.3, -0.25) is 4.90 Å². The van der Waals surface area contributed by atoms with Crippen molar-refractivity contribution < 1.29 is 9.15 Å². The van der Waals surface area contributed by atoms with Gasteiger partial charge >= 0.3 is 0 Å². The molecule has 1 aliphatic heterocycles. The molecule has 90 valence electrons. The molecule has 0 amide bonds. The molecule has 1 aliphatic rings. The van der Waals surface area contributed by atoms with E-state index in [1.54, 1.807) is 12.5 Å². The summed E-state index contributed by atoms with van der Waals surface area (Å²) < 4.78 is 10.4. The summed E-state index contributed by atoms with van der Waals surface area (Å²) in [7, 11) is 0. The van der Waals surface area contributed by atoms with Gasteiger partial charge in [-0.05, 0) is 13.0 Å². The first-order valence-corrected chi connectivity index (χ1v) is 5.89. The minimum atomic E-state index is 0.494. The lowest BCUT2D eigenvalue weighted by molar-refractivity contribution is 0.0343. The molecule has 1 fully saturated rings. The van der Waals surface area contributed by atoms with Crippen molar-refractivity contribution in [3.05, 3.63) is 24.2 Å². The minimum Gasteiger partial charge on any atom is -0.472 e. The maximum absolute atomic E-state index is 5.33. The zero-order valence-electron chi connectivity index (χ0n) is 9.82. The van der Waals surface area contributed by atoms with E-state index in [0.717, 1.165) is 39.4 Å². The number of morpholine rings is 1.